The van der Waals surface area contributed by atoms with Crippen LogP contribution in [0.25, 0.3) is 0 Å². The van der Waals surface area contributed by atoms with Gasteiger partial charge < -0.3 is 9.42 Å². The first-order valence-electron chi connectivity index (χ1n) is 10.3. The van der Waals surface area contributed by atoms with Crippen molar-refractivity contribution in [3.63, 3.8) is 0 Å². The minimum atomic E-state index is -3.48. The number of carbonyl (C=O) groups is 1. The first-order valence-corrected chi connectivity index (χ1v) is 11.7. The molecule has 0 atom stereocenters. The van der Waals surface area contributed by atoms with Crippen molar-refractivity contribution < 1.29 is 17.7 Å². The molecule has 0 radical (unpaired) electrons. The molecule has 7 nitrogen and oxygen atoms in total. The standard InChI is InChI=1S/C21H27N3O4S/c1-16-5-7-18(8-6-16)29(26,27)24-13-9-17(10-14-24)19-15-20(28-22-19)21(25)23-11-3-2-4-12-23/h5-8,15,17H,2-4,9-14H2,1H3. The van der Waals surface area contributed by atoms with Crippen LogP contribution in [0.4, 0.5) is 0 Å². The molecule has 29 heavy (non-hydrogen) atoms. The number of sulfonamides is 1. The first-order chi connectivity index (χ1) is 13.9. The monoisotopic (exact) mass is 417 g/mol. The number of piperidine rings is 2. The van der Waals surface area contributed by atoms with E-state index in [1.807, 2.05) is 24.0 Å². The molecule has 0 spiro atoms. The third-order valence-corrected chi connectivity index (χ3v) is 7.83. The van der Waals surface area contributed by atoms with Gasteiger partial charge in [0.05, 0.1) is 10.6 Å². The normalized spacial score (nSPS) is 19.4. The van der Waals surface area contributed by atoms with E-state index in [0.29, 0.717) is 30.8 Å². The van der Waals surface area contributed by atoms with Crippen LogP contribution >= 0.6 is 0 Å². The summed E-state index contributed by atoms with van der Waals surface area (Å²) in [6, 6.07) is 8.69. The molecule has 2 fully saturated rings. The summed E-state index contributed by atoms with van der Waals surface area (Å²) >= 11 is 0. The summed E-state index contributed by atoms with van der Waals surface area (Å²) in [4.78, 5) is 14.7. The molecule has 1 aromatic carbocycles. The fraction of sp³-hybridized carbons (Fsp3) is 0.524. The number of amides is 1. The summed E-state index contributed by atoms with van der Waals surface area (Å²) < 4.78 is 32.6. The van der Waals surface area contributed by atoms with E-state index in [1.165, 1.54) is 4.31 Å². The number of rotatable bonds is 4. The molecule has 0 N–H and O–H groups in total. The van der Waals surface area contributed by atoms with Gasteiger partial charge in [0.2, 0.25) is 15.8 Å². The molecular formula is C21H27N3O4S. The second-order valence-corrected chi connectivity index (χ2v) is 9.90. The van der Waals surface area contributed by atoms with Gasteiger partial charge in [0.15, 0.2) is 0 Å². The van der Waals surface area contributed by atoms with E-state index < -0.39 is 10.0 Å². The third kappa shape index (κ3) is 4.23. The Hall–Kier alpha value is -2.19. The lowest BCUT2D eigenvalue weighted by atomic mass is 9.94. The van der Waals surface area contributed by atoms with Crippen molar-refractivity contribution in [1.29, 1.82) is 0 Å². The van der Waals surface area contributed by atoms with E-state index in [9.17, 15) is 13.2 Å². The Bertz CT molecular complexity index is 954. The van der Waals surface area contributed by atoms with E-state index in [-0.39, 0.29) is 17.6 Å². The van der Waals surface area contributed by atoms with Gasteiger partial charge in [-0.2, -0.15) is 4.31 Å². The Morgan fingerprint density at radius 1 is 1.03 bits per heavy atom. The minimum absolute atomic E-state index is 0.0946. The highest BCUT2D eigenvalue weighted by molar-refractivity contribution is 7.89. The quantitative estimate of drug-likeness (QED) is 0.763. The van der Waals surface area contributed by atoms with Crippen LogP contribution in [0.2, 0.25) is 0 Å². The number of benzene rings is 1. The van der Waals surface area contributed by atoms with E-state index in [4.69, 9.17) is 4.52 Å². The van der Waals surface area contributed by atoms with Gasteiger partial charge in [0.25, 0.3) is 5.91 Å². The Morgan fingerprint density at radius 2 is 1.69 bits per heavy atom. The molecular weight excluding hydrogens is 390 g/mol. The predicted octanol–water partition coefficient (Wildman–Crippen LogP) is 3.18. The zero-order valence-electron chi connectivity index (χ0n) is 16.7. The predicted molar refractivity (Wildman–Crippen MR) is 108 cm³/mol. The van der Waals surface area contributed by atoms with Gasteiger partial charge in [-0.15, -0.1) is 0 Å². The van der Waals surface area contributed by atoms with Crippen molar-refractivity contribution in [2.24, 2.45) is 0 Å². The summed E-state index contributed by atoms with van der Waals surface area (Å²) in [5, 5.41) is 4.12. The maximum atomic E-state index is 12.9. The smallest absolute Gasteiger partial charge is 0.292 e. The van der Waals surface area contributed by atoms with Gasteiger partial charge in [0.1, 0.15) is 0 Å². The highest BCUT2D eigenvalue weighted by atomic mass is 32.2. The number of hydrogen-bond acceptors (Lipinski definition) is 5. The maximum absolute atomic E-state index is 12.9. The van der Waals surface area contributed by atoms with Crippen LogP contribution < -0.4 is 0 Å². The van der Waals surface area contributed by atoms with Gasteiger partial charge in [-0.05, 0) is 51.2 Å². The zero-order chi connectivity index (χ0) is 20.4. The SMILES string of the molecule is Cc1ccc(S(=O)(=O)N2CCC(c3cc(C(=O)N4CCCCC4)on3)CC2)cc1. The van der Waals surface area contributed by atoms with E-state index in [1.54, 1.807) is 18.2 Å². The molecule has 2 aliphatic rings. The average Bonchev–Trinajstić information content (AvgIpc) is 3.24. The molecule has 1 aromatic heterocycles. The number of aryl methyl sites for hydroxylation is 1. The van der Waals surface area contributed by atoms with Crippen molar-refractivity contribution in [3.05, 3.63) is 47.3 Å². The second kappa shape index (κ2) is 8.28. The Labute approximate surface area is 171 Å². The zero-order valence-corrected chi connectivity index (χ0v) is 17.5. The molecule has 2 aromatic rings. The number of likely N-dealkylation sites (tertiary alicyclic amines) is 1. The number of hydrogen-bond donors (Lipinski definition) is 0. The molecule has 4 rings (SSSR count). The van der Waals surface area contributed by atoms with Crippen LogP contribution in [-0.2, 0) is 10.0 Å². The molecule has 0 unspecified atom stereocenters. The molecule has 8 heteroatoms. The summed E-state index contributed by atoms with van der Waals surface area (Å²) in [5.74, 6) is 0.297. The summed E-state index contributed by atoms with van der Waals surface area (Å²) in [6.45, 7) is 4.34. The Balaban J connectivity index is 1.39. The van der Waals surface area contributed by atoms with Gasteiger partial charge in [-0.1, -0.05) is 22.9 Å². The molecule has 156 valence electrons. The lowest BCUT2D eigenvalue weighted by Gasteiger charge is -2.30. The molecule has 0 bridgehead atoms. The molecule has 0 aliphatic carbocycles. The van der Waals surface area contributed by atoms with Gasteiger partial charge in [-0.3, -0.25) is 4.79 Å². The van der Waals surface area contributed by atoms with Crippen molar-refractivity contribution in [2.45, 2.75) is 49.8 Å². The maximum Gasteiger partial charge on any atom is 0.292 e. The number of nitrogens with zero attached hydrogens (tertiary/aromatic N) is 3. The lowest BCUT2D eigenvalue weighted by Crippen LogP contribution is -2.38. The summed E-state index contributed by atoms with van der Waals surface area (Å²) in [5.41, 5.74) is 1.78. The number of carbonyl (C=O) groups excluding carboxylic acids is 1. The highest BCUT2D eigenvalue weighted by Crippen LogP contribution is 2.31. The summed E-state index contributed by atoms with van der Waals surface area (Å²) in [6.07, 6.45) is 4.54. The third-order valence-electron chi connectivity index (χ3n) is 5.91. The summed E-state index contributed by atoms with van der Waals surface area (Å²) in [7, 11) is -3.48. The van der Waals surface area contributed by atoms with Gasteiger partial charge >= 0.3 is 0 Å². The van der Waals surface area contributed by atoms with Crippen molar-refractivity contribution in [2.75, 3.05) is 26.2 Å². The molecule has 1 amide bonds. The molecule has 0 saturated carbocycles. The lowest BCUT2D eigenvalue weighted by molar-refractivity contribution is 0.0682. The molecule has 2 aliphatic heterocycles. The van der Waals surface area contributed by atoms with Crippen LogP contribution in [0.5, 0.6) is 0 Å². The van der Waals surface area contributed by atoms with Crippen LogP contribution in [0, 0.1) is 6.92 Å². The van der Waals surface area contributed by atoms with E-state index >= 15 is 0 Å². The van der Waals surface area contributed by atoms with Crippen molar-refractivity contribution >= 4 is 15.9 Å². The number of aromatic nitrogens is 1. The van der Waals surface area contributed by atoms with Crippen LogP contribution in [0.3, 0.4) is 0 Å². The van der Waals surface area contributed by atoms with Crippen molar-refractivity contribution in [1.82, 2.24) is 14.4 Å². The average molecular weight is 418 g/mol. The fourth-order valence-corrected chi connectivity index (χ4v) is 5.56. The molecule has 3 heterocycles. The topological polar surface area (TPSA) is 83.7 Å². The largest absolute Gasteiger partial charge is 0.351 e. The van der Waals surface area contributed by atoms with E-state index in [2.05, 4.69) is 5.16 Å². The Morgan fingerprint density at radius 3 is 2.34 bits per heavy atom. The van der Waals surface area contributed by atoms with Crippen LogP contribution in [0.1, 0.15) is 59.8 Å². The molecule has 2 saturated heterocycles. The highest BCUT2D eigenvalue weighted by Gasteiger charge is 2.32. The second-order valence-electron chi connectivity index (χ2n) is 7.96. The van der Waals surface area contributed by atoms with E-state index in [0.717, 1.165) is 43.6 Å². The first kappa shape index (κ1) is 20.1. The Kier molecular flexibility index (Phi) is 5.74. The van der Waals surface area contributed by atoms with Crippen molar-refractivity contribution in [3.8, 4) is 0 Å². The van der Waals surface area contributed by atoms with Crippen LogP contribution in [0.15, 0.2) is 39.8 Å². The minimum Gasteiger partial charge on any atom is -0.351 e. The fourth-order valence-electron chi connectivity index (χ4n) is 4.09. The van der Waals surface area contributed by atoms with Gasteiger partial charge in [-0.25, -0.2) is 8.42 Å². The van der Waals surface area contributed by atoms with Crippen LogP contribution in [-0.4, -0.2) is 54.9 Å². The van der Waals surface area contributed by atoms with Gasteiger partial charge in [0, 0.05) is 38.2 Å².